The lowest BCUT2D eigenvalue weighted by Crippen LogP contribution is -2.48. The maximum atomic E-state index is 12.6. The number of ether oxygens (including phenoxy) is 1. The van der Waals surface area contributed by atoms with Gasteiger partial charge in [0.25, 0.3) is 5.91 Å². The first kappa shape index (κ1) is 17.2. The molecule has 1 aromatic carbocycles. The summed E-state index contributed by atoms with van der Waals surface area (Å²) in [5.74, 6) is 0.736. The Morgan fingerprint density at radius 1 is 1.17 bits per heavy atom. The largest absolute Gasteiger partial charge is 0.398 e. The molecule has 2 aliphatic heterocycles. The molecule has 2 fully saturated rings. The molecule has 2 atom stereocenters. The van der Waals surface area contributed by atoms with Crippen LogP contribution in [-0.4, -0.2) is 60.6 Å². The number of hydrogen-bond acceptors (Lipinski definition) is 4. The van der Waals surface area contributed by atoms with E-state index in [9.17, 15) is 4.79 Å². The smallest absolute Gasteiger partial charge is 0.255 e. The summed E-state index contributed by atoms with van der Waals surface area (Å²) in [4.78, 5) is 17.1. The number of hydrogen-bond donors (Lipinski definition) is 1. The summed E-state index contributed by atoms with van der Waals surface area (Å²) in [6.07, 6.45) is 2.77. The molecular weight excluding hydrogens is 302 g/mol. The van der Waals surface area contributed by atoms with Gasteiger partial charge in [0.15, 0.2) is 0 Å². The van der Waals surface area contributed by atoms with Crippen LogP contribution in [0.2, 0.25) is 0 Å². The molecule has 5 nitrogen and oxygen atoms in total. The van der Waals surface area contributed by atoms with Gasteiger partial charge < -0.3 is 15.4 Å². The van der Waals surface area contributed by atoms with Crippen LogP contribution in [0.3, 0.4) is 0 Å². The van der Waals surface area contributed by atoms with Gasteiger partial charge in [0, 0.05) is 38.4 Å². The number of anilines is 1. The molecule has 3 rings (SSSR count). The number of morpholine rings is 1. The van der Waals surface area contributed by atoms with Crippen LogP contribution in [0.4, 0.5) is 5.69 Å². The normalized spacial score (nSPS) is 26.5. The van der Waals surface area contributed by atoms with E-state index in [0.717, 1.165) is 45.6 Å². The van der Waals surface area contributed by atoms with Crippen molar-refractivity contribution in [2.75, 3.05) is 38.5 Å². The molecule has 0 aromatic heterocycles. The molecule has 1 amide bonds. The van der Waals surface area contributed by atoms with Crippen LogP contribution in [0, 0.1) is 5.92 Å². The molecule has 0 radical (unpaired) electrons. The number of likely N-dealkylation sites (tertiary alicyclic amines) is 1. The van der Waals surface area contributed by atoms with Crippen molar-refractivity contribution in [3.05, 3.63) is 29.8 Å². The number of carbonyl (C=O) groups is 1. The van der Waals surface area contributed by atoms with Crippen molar-refractivity contribution in [1.82, 2.24) is 9.80 Å². The second-order valence-electron chi connectivity index (χ2n) is 7.30. The predicted molar refractivity (Wildman–Crippen MR) is 95.9 cm³/mol. The van der Waals surface area contributed by atoms with E-state index in [1.54, 1.807) is 6.07 Å². The molecule has 0 bridgehead atoms. The van der Waals surface area contributed by atoms with Gasteiger partial charge in [-0.25, -0.2) is 0 Å². The van der Waals surface area contributed by atoms with E-state index >= 15 is 0 Å². The molecule has 1 aromatic rings. The van der Waals surface area contributed by atoms with E-state index in [0.29, 0.717) is 29.4 Å². The molecule has 5 heteroatoms. The highest BCUT2D eigenvalue weighted by atomic mass is 16.5. The van der Waals surface area contributed by atoms with E-state index < -0.39 is 0 Å². The molecule has 2 unspecified atom stereocenters. The van der Waals surface area contributed by atoms with Crippen molar-refractivity contribution < 1.29 is 9.53 Å². The standard InChI is InChI=1S/C19H29N3O2/c1-14-11-21(12-15(2)24-14)13-16-7-9-22(10-8-16)19(23)17-5-3-4-6-18(17)20/h3-6,14-16H,7-13,20H2,1-2H3. The fraction of sp³-hybridized carbons (Fsp3) is 0.632. The summed E-state index contributed by atoms with van der Waals surface area (Å²) < 4.78 is 5.81. The SMILES string of the molecule is CC1CN(CC2CCN(C(=O)c3ccccc3N)CC2)CC(C)O1. The maximum Gasteiger partial charge on any atom is 0.255 e. The van der Waals surface area contributed by atoms with Gasteiger partial charge in [-0.05, 0) is 44.7 Å². The Kier molecular flexibility index (Phi) is 5.41. The fourth-order valence-corrected chi connectivity index (χ4v) is 3.98. The van der Waals surface area contributed by atoms with Gasteiger partial charge in [0.2, 0.25) is 0 Å². The van der Waals surface area contributed by atoms with E-state index in [-0.39, 0.29) is 5.91 Å². The summed E-state index contributed by atoms with van der Waals surface area (Å²) in [5, 5.41) is 0. The van der Waals surface area contributed by atoms with Gasteiger partial charge >= 0.3 is 0 Å². The van der Waals surface area contributed by atoms with Crippen LogP contribution >= 0.6 is 0 Å². The molecule has 0 aliphatic carbocycles. The Labute approximate surface area is 144 Å². The minimum absolute atomic E-state index is 0.0696. The average Bonchev–Trinajstić information content (AvgIpc) is 2.54. The Morgan fingerprint density at radius 2 is 1.79 bits per heavy atom. The zero-order valence-corrected chi connectivity index (χ0v) is 14.8. The van der Waals surface area contributed by atoms with Crippen molar-refractivity contribution in [2.45, 2.75) is 38.9 Å². The maximum absolute atomic E-state index is 12.6. The first-order valence-electron chi connectivity index (χ1n) is 9.04. The monoisotopic (exact) mass is 331 g/mol. The van der Waals surface area contributed by atoms with Crippen LogP contribution in [0.25, 0.3) is 0 Å². The summed E-state index contributed by atoms with van der Waals surface area (Å²) in [6.45, 7) is 9.10. The third-order valence-electron chi connectivity index (χ3n) is 5.10. The summed E-state index contributed by atoms with van der Waals surface area (Å²) in [6, 6.07) is 7.35. The van der Waals surface area contributed by atoms with E-state index in [1.165, 1.54) is 0 Å². The highest BCUT2D eigenvalue weighted by molar-refractivity contribution is 5.99. The minimum Gasteiger partial charge on any atom is -0.398 e. The van der Waals surface area contributed by atoms with E-state index in [2.05, 4.69) is 18.7 Å². The number of carbonyl (C=O) groups excluding carboxylic acids is 1. The summed E-state index contributed by atoms with van der Waals surface area (Å²) >= 11 is 0. The molecule has 0 spiro atoms. The third kappa shape index (κ3) is 4.08. The van der Waals surface area contributed by atoms with E-state index in [4.69, 9.17) is 10.5 Å². The topological polar surface area (TPSA) is 58.8 Å². The lowest BCUT2D eigenvalue weighted by molar-refractivity contribution is -0.0728. The molecule has 2 heterocycles. The lowest BCUT2D eigenvalue weighted by atomic mass is 9.95. The van der Waals surface area contributed by atoms with Crippen LogP contribution in [0.5, 0.6) is 0 Å². The van der Waals surface area contributed by atoms with Crippen molar-refractivity contribution in [2.24, 2.45) is 5.92 Å². The van der Waals surface area contributed by atoms with Crippen molar-refractivity contribution in [3.8, 4) is 0 Å². The number of nitrogens with two attached hydrogens (primary N) is 1. The Morgan fingerprint density at radius 3 is 2.42 bits per heavy atom. The first-order valence-corrected chi connectivity index (χ1v) is 9.04. The van der Waals surface area contributed by atoms with Gasteiger partial charge in [0.05, 0.1) is 17.8 Å². The number of nitrogens with zero attached hydrogens (tertiary/aromatic N) is 2. The lowest BCUT2D eigenvalue weighted by Gasteiger charge is -2.39. The van der Waals surface area contributed by atoms with Crippen LogP contribution < -0.4 is 5.73 Å². The summed E-state index contributed by atoms with van der Waals surface area (Å²) in [7, 11) is 0. The second kappa shape index (κ2) is 7.53. The molecule has 2 saturated heterocycles. The first-order chi connectivity index (χ1) is 11.5. The van der Waals surface area contributed by atoms with Crippen LogP contribution in [0.15, 0.2) is 24.3 Å². The fourth-order valence-electron chi connectivity index (χ4n) is 3.98. The molecule has 132 valence electrons. The Hall–Kier alpha value is -1.59. The highest BCUT2D eigenvalue weighted by Crippen LogP contribution is 2.23. The third-order valence-corrected chi connectivity index (χ3v) is 5.10. The van der Waals surface area contributed by atoms with E-state index in [1.807, 2.05) is 23.1 Å². The summed E-state index contributed by atoms with van der Waals surface area (Å²) in [5.41, 5.74) is 7.14. The second-order valence-corrected chi connectivity index (χ2v) is 7.30. The van der Waals surface area contributed by atoms with Crippen LogP contribution in [0.1, 0.15) is 37.0 Å². The van der Waals surface area contributed by atoms with Gasteiger partial charge in [-0.3, -0.25) is 9.69 Å². The average molecular weight is 331 g/mol. The number of para-hydroxylation sites is 1. The minimum atomic E-state index is 0.0696. The van der Waals surface area contributed by atoms with Crippen molar-refractivity contribution >= 4 is 11.6 Å². The van der Waals surface area contributed by atoms with Crippen molar-refractivity contribution in [3.63, 3.8) is 0 Å². The van der Waals surface area contributed by atoms with Crippen molar-refractivity contribution in [1.29, 1.82) is 0 Å². The number of amides is 1. The highest BCUT2D eigenvalue weighted by Gasteiger charge is 2.28. The molecular formula is C19H29N3O2. The quantitative estimate of drug-likeness (QED) is 0.863. The molecule has 24 heavy (non-hydrogen) atoms. The van der Waals surface area contributed by atoms with Crippen LogP contribution in [-0.2, 0) is 4.74 Å². The molecule has 2 N–H and O–H groups in total. The number of nitrogen functional groups attached to an aromatic ring is 1. The Bertz CT molecular complexity index is 559. The number of benzene rings is 1. The molecule has 2 aliphatic rings. The Balaban J connectivity index is 1.51. The zero-order valence-electron chi connectivity index (χ0n) is 14.8. The zero-order chi connectivity index (χ0) is 17.1. The van der Waals surface area contributed by atoms with Gasteiger partial charge in [-0.2, -0.15) is 0 Å². The molecule has 0 saturated carbocycles. The van der Waals surface area contributed by atoms with Gasteiger partial charge in [0.1, 0.15) is 0 Å². The number of rotatable bonds is 3. The van der Waals surface area contributed by atoms with Gasteiger partial charge in [-0.15, -0.1) is 0 Å². The number of piperidine rings is 1. The predicted octanol–water partition coefficient (Wildman–Crippen LogP) is 2.23. The van der Waals surface area contributed by atoms with Gasteiger partial charge in [-0.1, -0.05) is 12.1 Å².